The lowest BCUT2D eigenvalue weighted by molar-refractivity contribution is -0.167. The van der Waals surface area contributed by atoms with E-state index in [1.165, 1.54) is 0 Å². The summed E-state index contributed by atoms with van der Waals surface area (Å²) in [6.07, 6.45) is -4.34. The highest BCUT2D eigenvalue weighted by Crippen LogP contribution is 2.23. The van der Waals surface area contributed by atoms with E-state index >= 15 is 0 Å². The summed E-state index contributed by atoms with van der Waals surface area (Å²) in [5.74, 6) is -0.633. The van der Waals surface area contributed by atoms with Crippen LogP contribution in [0.2, 0.25) is 0 Å². The van der Waals surface area contributed by atoms with E-state index in [9.17, 15) is 18.0 Å². The Morgan fingerprint density at radius 3 is 2.35 bits per heavy atom. The van der Waals surface area contributed by atoms with Crippen LogP contribution in [0.25, 0.3) is 0 Å². The zero-order valence-electron chi connectivity index (χ0n) is 10.3. The van der Waals surface area contributed by atoms with Crippen molar-refractivity contribution < 1.29 is 18.0 Å². The lowest BCUT2D eigenvalue weighted by Gasteiger charge is -2.31. The number of hydrogen-bond donors (Lipinski definition) is 1. The molecule has 0 radical (unpaired) electrons. The fourth-order valence-corrected chi connectivity index (χ4v) is 2.06. The number of amides is 1. The van der Waals surface area contributed by atoms with Gasteiger partial charge in [-0.2, -0.15) is 13.2 Å². The van der Waals surface area contributed by atoms with Gasteiger partial charge in [0.1, 0.15) is 6.54 Å². The van der Waals surface area contributed by atoms with E-state index in [-0.39, 0.29) is 11.8 Å². The molecular formula is C11H19F3N2O. The summed E-state index contributed by atoms with van der Waals surface area (Å²) >= 11 is 0. The zero-order chi connectivity index (χ0) is 13.2. The van der Waals surface area contributed by atoms with Crippen molar-refractivity contribution in [3.63, 3.8) is 0 Å². The van der Waals surface area contributed by atoms with Gasteiger partial charge in [0.25, 0.3) is 0 Å². The Morgan fingerprint density at radius 2 is 2.00 bits per heavy atom. The van der Waals surface area contributed by atoms with Gasteiger partial charge in [-0.25, -0.2) is 0 Å². The predicted molar refractivity (Wildman–Crippen MR) is 58.4 cm³/mol. The molecule has 1 rings (SSSR count). The van der Waals surface area contributed by atoms with Gasteiger partial charge in [0.2, 0.25) is 5.91 Å². The van der Waals surface area contributed by atoms with Gasteiger partial charge < -0.3 is 10.2 Å². The zero-order valence-corrected chi connectivity index (χ0v) is 10.3. The molecule has 3 nitrogen and oxygen atoms in total. The van der Waals surface area contributed by atoms with Crippen molar-refractivity contribution in [1.82, 2.24) is 10.2 Å². The van der Waals surface area contributed by atoms with Crippen molar-refractivity contribution in [2.75, 3.05) is 19.6 Å². The van der Waals surface area contributed by atoms with Crippen LogP contribution in [0.3, 0.4) is 0 Å². The second kappa shape index (κ2) is 5.25. The Morgan fingerprint density at radius 1 is 1.41 bits per heavy atom. The van der Waals surface area contributed by atoms with E-state index in [1.807, 2.05) is 6.92 Å². The molecule has 6 heteroatoms. The van der Waals surface area contributed by atoms with Gasteiger partial charge in [-0.15, -0.1) is 0 Å². The molecule has 2 atom stereocenters. The maximum Gasteiger partial charge on any atom is 0.406 e. The normalized spacial score (nSPS) is 25.4. The van der Waals surface area contributed by atoms with Gasteiger partial charge in [0.15, 0.2) is 0 Å². The highest BCUT2D eigenvalue weighted by Gasteiger charge is 2.39. The van der Waals surface area contributed by atoms with Crippen LogP contribution in [0, 0.1) is 11.8 Å². The number of nitrogens with zero attached hydrogens (tertiary/aromatic N) is 1. The van der Waals surface area contributed by atoms with Crippen LogP contribution >= 0.6 is 0 Å². The average molecular weight is 252 g/mol. The second-order valence-corrected chi connectivity index (χ2v) is 4.92. The molecule has 1 aliphatic heterocycles. The molecule has 0 saturated carbocycles. The van der Waals surface area contributed by atoms with Crippen molar-refractivity contribution in [1.29, 1.82) is 0 Å². The molecule has 0 spiro atoms. The maximum atomic E-state index is 12.4. The van der Waals surface area contributed by atoms with Crippen LogP contribution in [0.15, 0.2) is 0 Å². The molecule has 0 aromatic rings. The summed E-state index contributed by atoms with van der Waals surface area (Å²) in [7, 11) is 0. The van der Waals surface area contributed by atoms with E-state index in [0.29, 0.717) is 13.1 Å². The summed E-state index contributed by atoms with van der Waals surface area (Å²) < 4.78 is 37.2. The molecule has 0 aromatic carbocycles. The molecule has 0 aromatic heterocycles. The molecule has 1 N–H and O–H groups in total. The third-order valence-electron chi connectivity index (χ3n) is 3.09. The van der Waals surface area contributed by atoms with Gasteiger partial charge >= 0.3 is 6.18 Å². The minimum Gasteiger partial charge on any atom is -0.331 e. The van der Waals surface area contributed by atoms with Crippen LogP contribution in [0.5, 0.6) is 0 Å². The summed E-state index contributed by atoms with van der Waals surface area (Å²) in [5, 5.41) is 3.03. The summed E-state index contributed by atoms with van der Waals surface area (Å²) in [6.45, 7) is 5.10. The Labute approximate surface area is 99.4 Å². The van der Waals surface area contributed by atoms with E-state index in [1.54, 1.807) is 13.8 Å². The fraction of sp³-hybridized carbons (Fsp3) is 0.909. The maximum absolute atomic E-state index is 12.4. The molecule has 100 valence electrons. The highest BCUT2D eigenvalue weighted by molar-refractivity contribution is 5.80. The summed E-state index contributed by atoms with van der Waals surface area (Å²) in [5.41, 5.74) is 0. The van der Waals surface area contributed by atoms with E-state index in [4.69, 9.17) is 0 Å². The second-order valence-electron chi connectivity index (χ2n) is 4.92. The predicted octanol–water partition coefficient (Wildman–Crippen LogP) is 1.64. The third-order valence-corrected chi connectivity index (χ3v) is 3.09. The number of carbonyl (C=O) groups excluding carboxylic acids is 1. The van der Waals surface area contributed by atoms with E-state index in [0.717, 1.165) is 4.90 Å². The van der Waals surface area contributed by atoms with Crippen molar-refractivity contribution in [3.8, 4) is 0 Å². The standard InChI is InChI=1S/C11H19F3N2O/c1-7(2)16(6-11(12,13)14)10(17)9-5-15-4-8(9)3/h7-9,15H,4-6H2,1-3H3/t8-,9-/m1/s1. The Kier molecular flexibility index (Phi) is 4.41. The van der Waals surface area contributed by atoms with Crippen LogP contribution < -0.4 is 5.32 Å². The van der Waals surface area contributed by atoms with Crippen LogP contribution in [-0.2, 0) is 4.79 Å². The van der Waals surface area contributed by atoms with Crippen molar-refractivity contribution in [2.45, 2.75) is 33.0 Å². The number of nitrogens with one attached hydrogen (secondary N) is 1. The van der Waals surface area contributed by atoms with E-state index in [2.05, 4.69) is 5.32 Å². The molecule has 1 heterocycles. The van der Waals surface area contributed by atoms with Crippen LogP contribution in [-0.4, -0.2) is 42.7 Å². The topological polar surface area (TPSA) is 32.3 Å². The first kappa shape index (κ1) is 14.3. The first-order chi connectivity index (χ1) is 7.72. The number of carbonyl (C=O) groups is 1. The Hall–Kier alpha value is -0.780. The Balaban J connectivity index is 2.73. The molecule has 17 heavy (non-hydrogen) atoms. The number of halogens is 3. The molecule has 0 aliphatic carbocycles. The van der Waals surface area contributed by atoms with Gasteiger partial charge in [-0.1, -0.05) is 6.92 Å². The number of alkyl halides is 3. The molecule has 1 amide bonds. The van der Waals surface area contributed by atoms with Gasteiger partial charge in [-0.05, 0) is 26.3 Å². The quantitative estimate of drug-likeness (QED) is 0.828. The Bertz CT molecular complexity index is 278. The molecule has 0 unspecified atom stereocenters. The smallest absolute Gasteiger partial charge is 0.331 e. The van der Waals surface area contributed by atoms with Crippen molar-refractivity contribution in [2.24, 2.45) is 11.8 Å². The monoisotopic (exact) mass is 252 g/mol. The molecule has 1 aliphatic rings. The van der Waals surface area contributed by atoms with Gasteiger partial charge in [0.05, 0.1) is 5.92 Å². The first-order valence-electron chi connectivity index (χ1n) is 5.80. The van der Waals surface area contributed by atoms with E-state index < -0.39 is 24.7 Å². The summed E-state index contributed by atoms with van der Waals surface area (Å²) in [4.78, 5) is 13.0. The lowest BCUT2D eigenvalue weighted by atomic mass is 9.96. The SMILES string of the molecule is CC(C)N(CC(F)(F)F)C(=O)[C@@H]1CNC[C@H]1C. The van der Waals surface area contributed by atoms with Crippen molar-refractivity contribution >= 4 is 5.91 Å². The molecule has 0 bridgehead atoms. The molecule has 1 saturated heterocycles. The average Bonchev–Trinajstić information content (AvgIpc) is 2.58. The largest absolute Gasteiger partial charge is 0.406 e. The fourth-order valence-electron chi connectivity index (χ4n) is 2.06. The summed E-state index contributed by atoms with van der Waals surface area (Å²) in [6, 6.07) is -0.433. The number of hydrogen-bond acceptors (Lipinski definition) is 2. The lowest BCUT2D eigenvalue weighted by Crippen LogP contribution is -2.47. The van der Waals surface area contributed by atoms with Crippen LogP contribution in [0.4, 0.5) is 13.2 Å². The highest BCUT2D eigenvalue weighted by atomic mass is 19.4. The third kappa shape index (κ3) is 3.87. The van der Waals surface area contributed by atoms with Gasteiger partial charge in [0, 0.05) is 12.6 Å². The van der Waals surface area contributed by atoms with Crippen molar-refractivity contribution in [3.05, 3.63) is 0 Å². The minimum atomic E-state index is -4.34. The van der Waals surface area contributed by atoms with Gasteiger partial charge in [-0.3, -0.25) is 4.79 Å². The molecule has 1 fully saturated rings. The first-order valence-corrected chi connectivity index (χ1v) is 5.80. The minimum absolute atomic E-state index is 0.0944. The number of rotatable bonds is 3. The van der Waals surface area contributed by atoms with Crippen LogP contribution in [0.1, 0.15) is 20.8 Å². The molecular weight excluding hydrogens is 233 g/mol.